The Kier molecular flexibility index (Phi) is 3.10. The fraction of sp³-hybridized carbons (Fsp3) is 0. The van der Waals surface area contributed by atoms with Gasteiger partial charge in [-0.25, -0.2) is 4.63 Å². The quantitative estimate of drug-likeness (QED) is 0.449. The first kappa shape index (κ1) is 10.8. The van der Waals surface area contributed by atoms with E-state index in [9.17, 15) is 0 Å². The van der Waals surface area contributed by atoms with Gasteiger partial charge in [-0.2, -0.15) is 5.10 Å². The number of benzene rings is 1. The van der Waals surface area contributed by atoms with Crippen LogP contribution in [0.1, 0.15) is 11.3 Å². The van der Waals surface area contributed by atoms with Crippen LogP contribution in [0.2, 0.25) is 0 Å². The van der Waals surface area contributed by atoms with E-state index >= 15 is 0 Å². The lowest BCUT2D eigenvalue weighted by atomic mass is 10.2. The fourth-order valence-electron chi connectivity index (χ4n) is 1.12. The van der Waals surface area contributed by atoms with Gasteiger partial charge in [0.1, 0.15) is 0 Å². The van der Waals surface area contributed by atoms with Crippen LogP contribution in [0.15, 0.2) is 45.2 Å². The Hall–Kier alpha value is -2.70. The molecule has 1 aromatic carbocycles. The first-order valence-electron chi connectivity index (χ1n) is 4.77. The average molecular weight is 230 g/mol. The lowest BCUT2D eigenvalue weighted by Crippen LogP contribution is -2.15. The minimum atomic E-state index is 0.0518. The molecule has 0 bridgehead atoms. The summed E-state index contributed by atoms with van der Waals surface area (Å²) in [7, 11) is 0. The Bertz CT molecular complexity index is 545. The van der Waals surface area contributed by atoms with Gasteiger partial charge >= 0.3 is 0 Å². The van der Waals surface area contributed by atoms with Crippen molar-refractivity contribution in [3.63, 3.8) is 0 Å². The van der Waals surface area contributed by atoms with Gasteiger partial charge < -0.3 is 11.5 Å². The van der Waals surface area contributed by atoms with Crippen molar-refractivity contribution < 1.29 is 4.63 Å². The molecular weight excluding hydrogens is 220 g/mol. The third-order valence-electron chi connectivity index (χ3n) is 1.93. The van der Waals surface area contributed by atoms with Crippen LogP contribution in [0.3, 0.4) is 0 Å². The zero-order valence-electron chi connectivity index (χ0n) is 8.82. The molecule has 1 heterocycles. The number of hydrogen-bond donors (Lipinski definition) is 2. The average Bonchev–Trinajstić information content (AvgIpc) is 2.77. The van der Waals surface area contributed by atoms with E-state index in [2.05, 4.69) is 25.1 Å². The number of nitrogen functional groups attached to an aromatic ring is 1. The van der Waals surface area contributed by atoms with Crippen molar-refractivity contribution in [2.75, 3.05) is 5.73 Å². The summed E-state index contributed by atoms with van der Waals surface area (Å²) in [5.74, 6) is 0.136. The normalized spacial score (nSPS) is 12.1. The van der Waals surface area contributed by atoms with E-state index in [0.29, 0.717) is 0 Å². The first-order chi connectivity index (χ1) is 8.27. The molecule has 0 aliphatic heterocycles. The molecule has 0 saturated heterocycles. The highest BCUT2D eigenvalue weighted by Gasteiger charge is 2.09. The van der Waals surface area contributed by atoms with E-state index in [1.165, 1.54) is 0 Å². The Morgan fingerprint density at radius 1 is 1.24 bits per heavy atom. The monoisotopic (exact) mass is 230 g/mol. The molecule has 1 aromatic heterocycles. The third kappa shape index (κ3) is 2.65. The van der Waals surface area contributed by atoms with Crippen LogP contribution < -0.4 is 11.5 Å². The summed E-state index contributed by atoms with van der Waals surface area (Å²) in [6, 6.07) is 9.49. The molecule has 0 radical (unpaired) electrons. The number of nitrogens with zero attached hydrogens (tertiary/aromatic N) is 4. The van der Waals surface area contributed by atoms with Gasteiger partial charge in [-0.3, -0.25) is 0 Å². The summed E-state index contributed by atoms with van der Waals surface area (Å²) in [6.07, 6.45) is 1.57. The molecule has 0 spiro atoms. The van der Waals surface area contributed by atoms with Crippen LogP contribution in [0.25, 0.3) is 0 Å². The molecule has 0 fully saturated rings. The molecule has 0 aliphatic carbocycles. The highest BCUT2D eigenvalue weighted by atomic mass is 16.6. The standard InChI is InChI=1S/C10H10N6O/c11-9(8-10(12)16-17-15-8)14-13-6-7-4-2-1-3-5-7/h1-6H,(H2,11,14)(H2,12,16)/b13-6+. The van der Waals surface area contributed by atoms with Gasteiger partial charge in [-0.05, 0) is 15.9 Å². The molecule has 0 saturated carbocycles. The summed E-state index contributed by atoms with van der Waals surface area (Å²) in [6.45, 7) is 0. The minimum absolute atomic E-state index is 0.0518. The van der Waals surface area contributed by atoms with Crippen LogP contribution in [-0.4, -0.2) is 22.4 Å². The summed E-state index contributed by atoms with van der Waals surface area (Å²) < 4.78 is 4.39. The summed E-state index contributed by atoms with van der Waals surface area (Å²) >= 11 is 0. The molecule has 86 valence electrons. The maximum absolute atomic E-state index is 5.60. The molecule has 0 unspecified atom stereocenters. The van der Waals surface area contributed by atoms with Gasteiger partial charge in [0.05, 0.1) is 6.21 Å². The van der Waals surface area contributed by atoms with Gasteiger partial charge in [-0.1, -0.05) is 30.3 Å². The highest BCUT2D eigenvalue weighted by Crippen LogP contribution is 2.03. The van der Waals surface area contributed by atoms with Gasteiger partial charge in [0.25, 0.3) is 0 Å². The Labute approximate surface area is 96.8 Å². The topological polar surface area (TPSA) is 116 Å². The second kappa shape index (κ2) is 4.88. The number of rotatable bonds is 3. The number of hydrogen-bond acceptors (Lipinski definition) is 6. The molecule has 7 heteroatoms. The predicted octanol–water partition coefficient (Wildman–Crippen LogP) is 0.391. The molecule has 17 heavy (non-hydrogen) atoms. The van der Waals surface area contributed by atoms with Crippen molar-refractivity contribution in [3.8, 4) is 0 Å². The number of amidine groups is 1. The molecule has 2 aromatic rings. The van der Waals surface area contributed by atoms with Crippen molar-refractivity contribution in [2.45, 2.75) is 0 Å². The van der Waals surface area contributed by atoms with Crippen molar-refractivity contribution in [2.24, 2.45) is 15.9 Å². The van der Waals surface area contributed by atoms with Crippen LogP contribution in [-0.2, 0) is 0 Å². The molecule has 7 nitrogen and oxygen atoms in total. The Morgan fingerprint density at radius 3 is 2.65 bits per heavy atom. The summed E-state index contributed by atoms with van der Waals surface area (Å²) in [5, 5.41) is 14.4. The van der Waals surface area contributed by atoms with E-state index in [1.807, 2.05) is 30.3 Å². The lowest BCUT2D eigenvalue weighted by molar-refractivity contribution is 0.308. The van der Waals surface area contributed by atoms with Gasteiger partial charge in [-0.15, -0.1) is 5.10 Å². The first-order valence-corrected chi connectivity index (χ1v) is 4.77. The Morgan fingerprint density at radius 2 is 2.00 bits per heavy atom. The van der Waals surface area contributed by atoms with Gasteiger partial charge in [0.2, 0.25) is 0 Å². The lowest BCUT2D eigenvalue weighted by Gasteiger charge is -1.91. The molecule has 4 N–H and O–H groups in total. The highest BCUT2D eigenvalue weighted by molar-refractivity contribution is 5.99. The minimum Gasteiger partial charge on any atom is -0.380 e. The van der Waals surface area contributed by atoms with Crippen molar-refractivity contribution in [3.05, 3.63) is 41.6 Å². The summed E-state index contributed by atoms with van der Waals surface area (Å²) in [4.78, 5) is 0. The maximum atomic E-state index is 5.60. The number of aromatic nitrogens is 2. The van der Waals surface area contributed by atoms with Crippen LogP contribution in [0, 0.1) is 0 Å². The molecule has 0 aliphatic rings. The molecule has 2 rings (SSSR count). The zero-order chi connectivity index (χ0) is 12.1. The molecule has 0 atom stereocenters. The van der Waals surface area contributed by atoms with Gasteiger partial charge in [0, 0.05) is 0 Å². The van der Waals surface area contributed by atoms with E-state index in [4.69, 9.17) is 11.5 Å². The van der Waals surface area contributed by atoms with Crippen LogP contribution >= 0.6 is 0 Å². The second-order valence-electron chi connectivity index (χ2n) is 3.14. The summed E-state index contributed by atoms with van der Waals surface area (Å²) in [5.41, 5.74) is 12.1. The largest absolute Gasteiger partial charge is 0.380 e. The SMILES string of the molecule is N/C(=N\N=C\c1ccccc1)c1nonc1N. The number of anilines is 1. The molecular formula is C10H10N6O. The second-order valence-corrected chi connectivity index (χ2v) is 3.14. The van der Waals surface area contributed by atoms with Crippen molar-refractivity contribution >= 4 is 17.9 Å². The maximum Gasteiger partial charge on any atom is 0.199 e. The van der Waals surface area contributed by atoms with E-state index < -0.39 is 0 Å². The van der Waals surface area contributed by atoms with Crippen LogP contribution in [0.4, 0.5) is 5.82 Å². The van der Waals surface area contributed by atoms with E-state index in [0.717, 1.165) is 5.56 Å². The Balaban J connectivity index is 2.11. The third-order valence-corrected chi connectivity index (χ3v) is 1.93. The van der Waals surface area contributed by atoms with Crippen molar-refractivity contribution in [1.82, 2.24) is 10.3 Å². The van der Waals surface area contributed by atoms with Crippen molar-refractivity contribution in [1.29, 1.82) is 0 Å². The van der Waals surface area contributed by atoms with Gasteiger partial charge in [0.15, 0.2) is 17.3 Å². The van der Waals surface area contributed by atoms with E-state index in [-0.39, 0.29) is 17.3 Å². The number of nitrogens with two attached hydrogens (primary N) is 2. The fourth-order valence-corrected chi connectivity index (χ4v) is 1.12. The smallest absolute Gasteiger partial charge is 0.199 e. The van der Waals surface area contributed by atoms with E-state index in [1.54, 1.807) is 6.21 Å². The predicted molar refractivity (Wildman–Crippen MR) is 63.5 cm³/mol. The van der Waals surface area contributed by atoms with Crippen LogP contribution in [0.5, 0.6) is 0 Å². The zero-order valence-corrected chi connectivity index (χ0v) is 8.82. The molecule has 0 amide bonds.